The zero-order valence-electron chi connectivity index (χ0n) is 9.57. The fourth-order valence-electron chi connectivity index (χ4n) is 1.58. The molecule has 0 unspecified atom stereocenters. The van der Waals surface area contributed by atoms with Crippen molar-refractivity contribution in [2.24, 2.45) is 0 Å². The zero-order valence-corrected chi connectivity index (χ0v) is 9.57. The second-order valence-electron chi connectivity index (χ2n) is 3.82. The maximum absolute atomic E-state index is 12.4. The minimum Gasteiger partial charge on any atom is -0.397 e. The number of nitrogens with zero attached hydrogens (tertiary/aromatic N) is 2. The fraction of sp³-hybridized carbons (Fsp3) is 0.0769. The van der Waals surface area contributed by atoms with Crippen molar-refractivity contribution in [2.75, 3.05) is 5.73 Å². The molecule has 3 nitrogen and oxygen atoms in total. The number of nitriles is 1. The predicted octanol–water partition coefficient (Wildman–Crippen LogP) is 3.22. The first-order valence-electron chi connectivity index (χ1n) is 5.26. The van der Waals surface area contributed by atoms with E-state index >= 15 is 0 Å². The van der Waals surface area contributed by atoms with Gasteiger partial charge >= 0.3 is 6.18 Å². The highest BCUT2D eigenvalue weighted by Crippen LogP contribution is 2.31. The molecule has 2 N–H and O–H groups in total. The van der Waals surface area contributed by atoms with Gasteiger partial charge in [0.05, 0.1) is 16.9 Å². The van der Waals surface area contributed by atoms with E-state index in [1.54, 1.807) is 0 Å². The largest absolute Gasteiger partial charge is 0.416 e. The minimum absolute atomic E-state index is 0.157. The molecule has 0 aliphatic carbocycles. The molecule has 0 atom stereocenters. The van der Waals surface area contributed by atoms with E-state index in [2.05, 4.69) is 4.98 Å². The third-order valence-electron chi connectivity index (χ3n) is 2.53. The van der Waals surface area contributed by atoms with Crippen LogP contribution in [0.3, 0.4) is 0 Å². The van der Waals surface area contributed by atoms with Gasteiger partial charge in [0.15, 0.2) is 0 Å². The summed E-state index contributed by atoms with van der Waals surface area (Å²) in [4.78, 5) is 3.99. The van der Waals surface area contributed by atoms with Gasteiger partial charge in [0.25, 0.3) is 0 Å². The third-order valence-corrected chi connectivity index (χ3v) is 2.53. The van der Waals surface area contributed by atoms with Crippen LogP contribution in [0.2, 0.25) is 0 Å². The first-order chi connectivity index (χ1) is 8.91. The number of halogens is 3. The number of nitrogen functional groups attached to an aromatic ring is 1. The van der Waals surface area contributed by atoms with E-state index in [0.29, 0.717) is 16.9 Å². The summed E-state index contributed by atoms with van der Waals surface area (Å²) in [6.07, 6.45) is -4.38. The number of anilines is 1. The van der Waals surface area contributed by atoms with E-state index in [4.69, 9.17) is 11.0 Å². The Balaban J connectivity index is 2.46. The van der Waals surface area contributed by atoms with E-state index in [1.807, 2.05) is 6.07 Å². The SMILES string of the molecule is N#Cc1ccc(N)c(-c2ccc(C(F)(F)F)cc2)n1. The Kier molecular flexibility index (Phi) is 3.13. The summed E-state index contributed by atoms with van der Waals surface area (Å²) < 4.78 is 37.3. The summed E-state index contributed by atoms with van der Waals surface area (Å²) in [6, 6.07) is 9.27. The highest BCUT2D eigenvalue weighted by Gasteiger charge is 2.30. The van der Waals surface area contributed by atoms with Gasteiger partial charge in [-0.2, -0.15) is 18.4 Å². The molecule has 2 aromatic rings. The highest BCUT2D eigenvalue weighted by atomic mass is 19.4. The molecule has 0 aliphatic heterocycles. The molecule has 0 radical (unpaired) electrons. The van der Waals surface area contributed by atoms with Crippen molar-refractivity contribution in [3.8, 4) is 17.3 Å². The van der Waals surface area contributed by atoms with Crippen LogP contribution >= 0.6 is 0 Å². The number of hydrogen-bond acceptors (Lipinski definition) is 3. The molecular formula is C13H8F3N3. The molecule has 6 heteroatoms. The molecule has 2 rings (SSSR count). The molecule has 0 fully saturated rings. The molecule has 0 bridgehead atoms. The average molecular weight is 263 g/mol. The Morgan fingerprint density at radius 2 is 1.68 bits per heavy atom. The third kappa shape index (κ3) is 2.65. The second kappa shape index (κ2) is 4.61. The van der Waals surface area contributed by atoms with Crippen molar-refractivity contribution in [3.63, 3.8) is 0 Å². The van der Waals surface area contributed by atoms with Gasteiger partial charge in [0.2, 0.25) is 0 Å². The Labute approximate surface area is 107 Å². The van der Waals surface area contributed by atoms with Crippen LogP contribution in [0.25, 0.3) is 11.3 Å². The molecule has 0 saturated heterocycles. The standard InChI is InChI=1S/C13H8F3N3/c14-13(15,16)9-3-1-8(2-4-9)12-11(18)6-5-10(7-17)19-12/h1-6H,18H2. The molecule has 19 heavy (non-hydrogen) atoms. The number of aromatic nitrogens is 1. The summed E-state index contributed by atoms with van der Waals surface area (Å²) in [7, 11) is 0. The van der Waals surface area contributed by atoms with Crippen molar-refractivity contribution in [1.29, 1.82) is 5.26 Å². The summed E-state index contributed by atoms with van der Waals surface area (Å²) >= 11 is 0. The van der Waals surface area contributed by atoms with Crippen molar-refractivity contribution in [1.82, 2.24) is 4.98 Å². The number of pyridine rings is 1. The predicted molar refractivity (Wildman–Crippen MR) is 63.8 cm³/mol. The van der Waals surface area contributed by atoms with Gasteiger partial charge in [-0.05, 0) is 24.3 Å². The second-order valence-corrected chi connectivity index (χ2v) is 3.82. The van der Waals surface area contributed by atoms with Crippen molar-refractivity contribution < 1.29 is 13.2 Å². The van der Waals surface area contributed by atoms with Gasteiger partial charge in [-0.25, -0.2) is 4.98 Å². The maximum atomic E-state index is 12.4. The Bertz CT molecular complexity index is 640. The Morgan fingerprint density at radius 1 is 1.05 bits per heavy atom. The van der Waals surface area contributed by atoms with Crippen LogP contribution in [-0.2, 0) is 6.18 Å². The fourth-order valence-corrected chi connectivity index (χ4v) is 1.58. The van der Waals surface area contributed by atoms with Crippen LogP contribution in [0.1, 0.15) is 11.3 Å². The lowest BCUT2D eigenvalue weighted by molar-refractivity contribution is -0.137. The Hall–Kier alpha value is -2.55. The van der Waals surface area contributed by atoms with Crippen molar-refractivity contribution in [3.05, 3.63) is 47.7 Å². The number of rotatable bonds is 1. The molecule has 0 saturated carbocycles. The molecule has 96 valence electrons. The quantitative estimate of drug-likeness (QED) is 0.859. The van der Waals surface area contributed by atoms with E-state index in [1.165, 1.54) is 24.3 Å². The first kappa shape index (κ1) is 12.9. The summed E-state index contributed by atoms with van der Waals surface area (Å²) in [5.41, 5.74) is 6.15. The number of hydrogen-bond donors (Lipinski definition) is 1. The highest BCUT2D eigenvalue weighted by molar-refractivity contribution is 5.73. The molecule has 0 amide bonds. The summed E-state index contributed by atoms with van der Waals surface area (Å²) in [6.45, 7) is 0. The van der Waals surface area contributed by atoms with Gasteiger partial charge in [-0.3, -0.25) is 0 Å². The normalized spacial score (nSPS) is 11.1. The van der Waals surface area contributed by atoms with Crippen LogP contribution in [-0.4, -0.2) is 4.98 Å². The van der Waals surface area contributed by atoms with E-state index in [0.717, 1.165) is 12.1 Å². The lowest BCUT2D eigenvalue weighted by Crippen LogP contribution is -2.04. The minimum atomic E-state index is -4.38. The smallest absolute Gasteiger partial charge is 0.397 e. The number of benzene rings is 1. The van der Waals surface area contributed by atoms with E-state index < -0.39 is 11.7 Å². The lowest BCUT2D eigenvalue weighted by atomic mass is 10.1. The summed E-state index contributed by atoms with van der Waals surface area (Å²) in [5, 5.41) is 8.75. The van der Waals surface area contributed by atoms with Crippen LogP contribution in [0.4, 0.5) is 18.9 Å². The monoisotopic (exact) mass is 263 g/mol. The first-order valence-corrected chi connectivity index (χ1v) is 5.26. The van der Waals surface area contributed by atoms with E-state index in [-0.39, 0.29) is 5.69 Å². The van der Waals surface area contributed by atoms with E-state index in [9.17, 15) is 13.2 Å². The molecule has 0 spiro atoms. The van der Waals surface area contributed by atoms with Crippen molar-refractivity contribution in [2.45, 2.75) is 6.18 Å². The van der Waals surface area contributed by atoms with Gasteiger partial charge < -0.3 is 5.73 Å². The summed E-state index contributed by atoms with van der Waals surface area (Å²) in [5.74, 6) is 0. The Morgan fingerprint density at radius 3 is 2.21 bits per heavy atom. The van der Waals surface area contributed by atoms with Crippen LogP contribution < -0.4 is 5.73 Å². The lowest BCUT2D eigenvalue weighted by Gasteiger charge is -2.08. The molecule has 0 aliphatic rings. The van der Waals surface area contributed by atoms with Gasteiger partial charge in [-0.1, -0.05) is 12.1 Å². The maximum Gasteiger partial charge on any atom is 0.416 e. The molecule has 1 aromatic heterocycles. The molecule has 1 heterocycles. The number of alkyl halides is 3. The van der Waals surface area contributed by atoms with Crippen molar-refractivity contribution >= 4 is 5.69 Å². The van der Waals surface area contributed by atoms with Crippen LogP contribution in [0.15, 0.2) is 36.4 Å². The van der Waals surface area contributed by atoms with Crippen LogP contribution in [0.5, 0.6) is 0 Å². The molecular weight excluding hydrogens is 255 g/mol. The van der Waals surface area contributed by atoms with Gasteiger partial charge in [0, 0.05) is 5.56 Å². The average Bonchev–Trinajstić information content (AvgIpc) is 2.38. The van der Waals surface area contributed by atoms with Gasteiger partial charge in [-0.15, -0.1) is 0 Å². The molecule has 1 aromatic carbocycles. The topological polar surface area (TPSA) is 62.7 Å². The van der Waals surface area contributed by atoms with Crippen LogP contribution in [0, 0.1) is 11.3 Å². The van der Waals surface area contributed by atoms with Gasteiger partial charge in [0.1, 0.15) is 11.8 Å². The number of nitrogens with two attached hydrogens (primary N) is 1. The zero-order chi connectivity index (χ0) is 14.0.